The molecule has 2 amide bonds. The number of Topliss-reactive ketones (excluding diaryl/α,β-unsaturated/α-hetero) is 1. The zero-order chi connectivity index (χ0) is 23.4. The molecule has 1 aromatic carbocycles. The highest BCUT2D eigenvalue weighted by molar-refractivity contribution is 7.90. The molecule has 2 atom stereocenters. The first kappa shape index (κ1) is 25.0. The molecule has 12 heteroatoms. The number of hydrogen-bond acceptors (Lipinski definition) is 7. The van der Waals surface area contributed by atoms with Gasteiger partial charge in [0.15, 0.2) is 15.6 Å². The first-order valence-corrected chi connectivity index (χ1v) is 13.1. The fraction of sp³-hybridized carbons (Fsp3) is 0.526. The number of benzene rings is 1. The van der Waals surface area contributed by atoms with E-state index in [1.165, 1.54) is 24.3 Å². The fourth-order valence-corrected chi connectivity index (χ4v) is 5.19. The van der Waals surface area contributed by atoms with Crippen LogP contribution in [0.4, 0.5) is 0 Å². The number of carbonyl (C=O) groups excluding carboxylic acids is 3. The van der Waals surface area contributed by atoms with Gasteiger partial charge in [-0.05, 0) is 43.5 Å². The smallest absolute Gasteiger partial charge is 0.243 e. The van der Waals surface area contributed by atoms with Crippen LogP contribution in [0.25, 0.3) is 0 Å². The third kappa shape index (κ3) is 6.58. The summed E-state index contributed by atoms with van der Waals surface area (Å²) in [4.78, 5) is 35.6. The second kappa shape index (κ2) is 9.88. The van der Waals surface area contributed by atoms with E-state index in [4.69, 9.17) is 5.73 Å². The lowest BCUT2D eigenvalue weighted by Gasteiger charge is -2.20. The van der Waals surface area contributed by atoms with Crippen LogP contribution in [0.15, 0.2) is 34.1 Å². The van der Waals surface area contributed by atoms with Crippen LogP contribution in [-0.4, -0.2) is 64.1 Å². The minimum Gasteiger partial charge on any atom is -0.369 e. The monoisotopic (exact) mass is 473 g/mol. The van der Waals surface area contributed by atoms with Crippen molar-refractivity contribution in [1.29, 1.82) is 0 Å². The highest BCUT2D eigenvalue weighted by Crippen LogP contribution is 2.21. The lowest BCUT2D eigenvalue weighted by atomic mass is 10.0. The number of nitrogens with zero attached hydrogens (tertiary/aromatic N) is 1. The van der Waals surface area contributed by atoms with Gasteiger partial charge in [-0.1, -0.05) is 6.92 Å². The van der Waals surface area contributed by atoms with Gasteiger partial charge in [0.05, 0.1) is 22.4 Å². The molecule has 1 aliphatic rings. The van der Waals surface area contributed by atoms with E-state index in [9.17, 15) is 31.2 Å². The molecular weight excluding hydrogens is 446 g/mol. The molecule has 31 heavy (non-hydrogen) atoms. The Morgan fingerprint density at radius 3 is 2.29 bits per heavy atom. The molecule has 172 valence electrons. The predicted octanol–water partition coefficient (Wildman–Crippen LogP) is -0.170. The number of ketones is 1. The van der Waals surface area contributed by atoms with Crippen molar-refractivity contribution in [1.82, 2.24) is 9.62 Å². The number of sulfonamides is 1. The van der Waals surface area contributed by atoms with Crippen LogP contribution in [-0.2, 0) is 34.2 Å². The molecule has 1 fully saturated rings. The maximum Gasteiger partial charge on any atom is 0.243 e. The average molecular weight is 474 g/mol. The summed E-state index contributed by atoms with van der Waals surface area (Å²) in [6.07, 6.45) is 1.95. The Balaban J connectivity index is 2.05. The van der Waals surface area contributed by atoms with Gasteiger partial charge in [0.25, 0.3) is 0 Å². The van der Waals surface area contributed by atoms with E-state index in [-0.39, 0.29) is 35.6 Å². The summed E-state index contributed by atoms with van der Waals surface area (Å²) in [5, 5.41) is 2.61. The Morgan fingerprint density at radius 2 is 1.74 bits per heavy atom. The van der Waals surface area contributed by atoms with Gasteiger partial charge in [0.2, 0.25) is 21.8 Å². The SMILES string of the molecule is CC(CCC(=O)N[C@H]1CCCN(S(=O)(=O)c2ccc(S(C)(=O)=O)cc2)CC1=O)C(N)=O. The van der Waals surface area contributed by atoms with Crippen LogP contribution in [0.1, 0.15) is 32.6 Å². The van der Waals surface area contributed by atoms with E-state index in [2.05, 4.69) is 5.32 Å². The van der Waals surface area contributed by atoms with E-state index in [0.717, 1.165) is 10.6 Å². The van der Waals surface area contributed by atoms with Crippen molar-refractivity contribution in [2.45, 2.75) is 48.4 Å². The zero-order valence-corrected chi connectivity index (χ0v) is 19.0. The molecule has 0 bridgehead atoms. The van der Waals surface area contributed by atoms with E-state index in [1.54, 1.807) is 6.92 Å². The second-order valence-corrected chi connectivity index (χ2v) is 11.6. The van der Waals surface area contributed by atoms with Gasteiger partial charge in [-0.3, -0.25) is 14.4 Å². The molecule has 3 N–H and O–H groups in total. The van der Waals surface area contributed by atoms with Crippen molar-refractivity contribution in [2.75, 3.05) is 19.3 Å². The lowest BCUT2D eigenvalue weighted by molar-refractivity contribution is -0.128. The maximum absolute atomic E-state index is 12.9. The quantitative estimate of drug-likeness (QED) is 0.530. The maximum atomic E-state index is 12.9. The Hall–Kier alpha value is -2.31. The third-order valence-corrected chi connectivity index (χ3v) is 8.12. The number of rotatable bonds is 8. The summed E-state index contributed by atoms with van der Waals surface area (Å²) >= 11 is 0. The summed E-state index contributed by atoms with van der Waals surface area (Å²) in [6.45, 7) is 1.30. The van der Waals surface area contributed by atoms with Crippen LogP contribution >= 0.6 is 0 Å². The first-order chi connectivity index (χ1) is 14.3. The van der Waals surface area contributed by atoms with Crippen LogP contribution in [0.2, 0.25) is 0 Å². The number of hydrogen-bond donors (Lipinski definition) is 2. The minimum absolute atomic E-state index is 0.00757. The summed E-state index contributed by atoms with van der Waals surface area (Å²) in [5.41, 5.74) is 5.17. The molecule has 0 radical (unpaired) electrons. The van der Waals surface area contributed by atoms with Crippen molar-refractivity contribution in [3.05, 3.63) is 24.3 Å². The van der Waals surface area contributed by atoms with Gasteiger partial charge in [-0.25, -0.2) is 16.8 Å². The lowest BCUT2D eigenvalue weighted by Crippen LogP contribution is -2.44. The number of nitrogens with two attached hydrogens (primary N) is 1. The van der Waals surface area contributed by atoms with Crippen LogP contribution in [0, 0.1) is 5.92 Å². The Labute approximate surface area is 182 Å². The predicted molar refractivity (Wildman–Crippen MR) is 112 cm³/mol. The van der Waals surface area contributed by atoms with Crippen molar-refractivity contribution in [3.8, 4) is 0 Å². The Bertz CT molecular complexity index is 1050. The molecule has 10 nitrogen and oxygen atoms in total. The standard InChI is InChI=1S/C19H27N3O7S2/c1-13(19(20)25)5-10-18(24)21-16-4-3-11-22(12-17(16)23)31(28,29)15-8-6-14(7-9-15)30(2,26)27/h6-9,13,16H,3-5,10-12H2,1-2H3,(H2,20,25)(H,21,24)/t13?,16-/m0/s1. The summed E-state index contributed by atoms with van der Waals surface area (Å²) in [5.74, 6) is -1.82. The zero-order valence-electron chi connectivity index (χ0n) is 17.4. The molecule has 1 aromatic rings. The highest BCUT2D eigenvalue weighted by atomic mass is 32.2. The summed E-state index contributed by atoms with van der Waals surface area (Å²) in [6, 6.07) is 3.99. The Morgan fingerprint density at radius 1 is 1.16 bits per heavy atom. The molecule has 2 rings (SSSR count). The van der Waals surface area contributed by atoms with Crippen molar-refractivity contribution >= 4 is 37.5 Å². The van der Waals surface area contributed by atoms with Crippen LogP contribution in [0.5, 0.6) is 0 Å². The van der Waals surface area contributed by atoms with Crippen molar-refractivity contribution < 1.29 is 31.2 Å². The van der Waals surface area contributed by atoms with Gasteiger partial charge in [-0.2, -0.15) is 4.31 Å². The average Bonchev–Trinajstić information content (AvgIpc) is 2.87. The normalized spacial score (nSPS) is 19.4. The number of sulfone groups is 1. The number of nitrogens with one attached hydrogen (secondary N) is 1. The fourth-order valence-electron chi connectivity index (χ4n) is 3.12. The van der Waals surface area contributed by atoms with E-state index >= 15 is 0 Å². The molecule has 1 saturated heterocycles. The topological polar surface area (TPSA) is 161 Å². The van der Waals surface area contributed by atoms with Gasteiger partial charge in [-0.15, -0.1) is 0 Å². The largest absolute Gasteiger partial charge is 0.369 e. The first-order valence-electron chi connectivity index (χ1n) is 9.74. The molecule has 1 heterocycles. The van der Waals surface area contributed by atoms with Crippen LogP contribution < -0.4 is 11.1 Å². The van der Waals surface area contributed by atoms with Crippen molar-refractivity contribution in [3.63, 3.8) is 0 Å². The molecule has 0 aromatic heterocycles. The summed E-state index contributed by atoms with van der Waals surface area (Å²) in [7, 11) is -7.48. The molecule has 0 aliphatic carbocycles. The van der Waals surface area contributed by atoms with Crippen molar-refractivity contribution in [2.24, 2.45) is 11.7 Å². The second-order valence-electron chi connectivity index (χ2n) is 7.65. The molecule has 0 saturated carbocycles. The molecular formula is C19H27N3O7S2. The van der Waals surface area contributed by atoms with Crippen LogP contribution in [0.3, 0.4) is 0 Å². The van der Waals surface area contributed by atoms with Gasteiger partial charge in [0.1, 0.15) is 0 Å². The van der Waals surface area contributed by atoms with E-state index in [1.807, 2.05) is 0 Å². The van der Waals surface area contributed by atoms with Gasteiger partial charge >= 0.3 is 0 Å². The number of carbonyl (C=O) groups is 3. The number of primary amides is 1. The minimum atomic E-state index is -4.01. The van der Waals surface area contributed by atoms with E-state index in [0.29, 0.717) is 6.42 Å². The van der Waals surface area contributed by atoms with Gasteiger partial charge < -0.3 is 11.1 Å². The Kier molecular flexibility index (Phi) is 7.95. The highest BCUT2D eigenvalue weighted by Gasteiger charge is 2.33. The molecule has 1 unspecified atom stereocenters. The molecule has 0 spiro atoms. The van der Waals surface area contributed by atoms with E-state index < -0.39 is 56.0 Å². The van der Waals surface area contributed by atoms with Gasteiger partial charge in [0, 0.05) is 25.1 Å². The number of amides is 2. The molecule has 1 aliphatic heterocycles. The summed E-state index contributed by atoms with van der Waals surface area (Å²) < 4.78 is 50.0. The third-order valence-electron chi connectivity index (χ3n) is 5.14.